The Labute approximate surface area is 145 Å². The highest BCUT2D eigenvalue weighted by molar-refractivity contribution is 7.09. The number of hydrogen-bond acceptors (Lipinski definition) is 4. The third-order valence-corrected chi connectivity index (χ3v) is 4.53. The molecule has 4 nitrogen and oxygen atoms in total. The van der Waals surface area contributed by atoms with Gasteiger partial charge in [-0.15, -0.1) is 11.3 Å². The third kappa shape index (κ3) is 4.73. The number of nitrogens with one attached hydrogen (secondary N) is 1. The van der Waals surface area contributed by atoms with Crippen molar-refractivity contribution >= 4 is 17.2 Å². The molecule has 5 heteroatoms. The third-order valence-electron chi connectivity index (χ3n) is 3.62. The SMILES string of the molecule is O=C(CCc1nc(-c2ccccn2)cs1)NCCc1ccccc1. The first-order chi connectivity index (χ1) is 11.8. The van der Waals surface area contributed by atoms with Crippen molar-refractivity contribution in [2.75, 3.05) is 6.54 Å². The molecule has 24 heavy (non-hydrogen) atoms. The molecule has 0 aliphatic rings. The summed E-state index contributed by atoms with van der Waals surface area (Å²) in [6, 6.07) is 15.9. The van der Waals surface area contributed by atoms with Crippen molar-refractivity contribution in [1.29, 1.82) is 0 Å². The summed E-state index contributed by atoms with van der Waals surface area (Å²) in [6.45, 7) is 0.667. The monoisotopic (exact) mass is 337 g/mol. The molecule has 0 unspecified atom stereocenters. The Bertz CT molecular complexity index is 772. The summed E-state index contributed by atoms with van der Waals surface area (Å²) in [5, 5.41) is 5.92. The minimum atomic E-state index is 0.0699. The Kier molecular flexibility index (Phi) is 5.69. The zero-order valence-corrected chi connectivity index (χ0v) is 14.1. The predicted molar refractivity (Wildman–Crippen MR) is 96.8 cm³/mol. The standard InChI is InChI=1S/C19H19N3OS/c23-18(21-13-11-15-6-2-1-3-7-15)9-10-19-22-17(14-24-19)16-8-4-5-12-20-16/h1-8,12,14H,9-11,13H2,(H,21,23). The van der Waals surface area contributed by atoms with Gasteiger partial charge in [0.05, 0.1) is 16.4 Å². The Morgan fingerprint density at radius 1 is 1.00 bits per heavy atom. The first kappa shape index (κ1) is 16.3. The van der Waals surface area contributed by atoms with Crippen LogP contribution in [0.25, 0.3) is 11.4 Å². The Hall–Kier alpha value is -2.53. The second-order valence-corrected chi connectivity index (χ2v) is 6.37. The van der Waals surface area contributed by atoms with E-state index in [0.717, 1.165) is 22.8 Å². The van der Waals surface area contributed by atoms with Crippen LogP contribution in [0.3, 0.4) is 0 Å². The molecular formula is C19H19N3OS. The van der Waals surface area contributed by atoms with Crippen LogP contribution in [0.4, 0.5) is 0 Å². The molecule has 3 aromatic rings. The van der Waals surface area contributed by atoms with Crippen LogP contribution in [0, 0.1) is 0 Å². The van der Waals surface area contributed by atoms with Gasteiger partial charge in [-0.1, -0.05) is 36.4 Å². The average Bonchev–Trinajstić information content (AvgIpc) is 3.11. The summed E-state index contributed by atoms with van der Waals surface area (Å²) in [5.41, 5.74) is 2.98. The van der Waals surface area contributed by atoms with E-state index in [9.17, 15) is 4.79 Å². The summed E-state index contributed by atoms with van der Waals surface area (Å²) in [5.74, 6) is 0.0699. The zero-order valence-electron chi connectivity index (χ0n) is 13.3. The predicted octanol–water partition coefficient (Wildman–Crippen LogP) is 3.50. The molecular weight excluding hydrogens is 318 g/mol. The zero-order chi connectivity index (χ0) is 16.6. The number of pyridine rings is 1. The molecule has 0 saturated heterocycles. The van der Waals surface area contributed by atoms with Crippen molar-refractivity contribution in [3.63, 3.8) is 0 Å². The molecule has 0 atom stereocenters. The number of rotatable bonds is 7. The van der Waals surface area contributed by atoms with Crippen LogP contribution in [0.15, 0.2) is 60.1 Å². The van der Waals surface area contributed by atoms with Crippen LogP contribution in [-0.2, 0) is 17.6 Å². The molecule has 0 saturated carbocycles. The molecule has 2 aromatic heterocycles. The maximum atomic E-state index is 11.9. The smallest absolute Gasteiger partial charge is 0.220 e. The molecule has 0 aliphatic carbocycles. The fraction of sp³-hybridized carbons (Fsp3) is 0.211. The van der Waals surface area contributed by atoms with Crippen LogP contribution in [0.2, 0.25) is 0 Å². The molecule has 1 amide bonds. The lowest BCUT2D eigenvalue weighted by Gasteiger charge is -2.04. The number of hydrogen-bond donors (Lipinski definition) is 1. The fourth-order valence-corrected chi connectivity index (χ4v) is 3.15. The summed E-state index contributed by atoms with van der Waals surface area (Å²) >= 11 is 1.58. The van der Waals surface area contributed by atoms with E-state index in [2.05, 4.69) is 27.4 Å². The summed E-state index contributed by atoms with van der Waals surface area (Å²) < 4.78 is 0. The number of nitrogens with zero attached hydrogens (tertiary/aromatic N) is 2. The van der Waals surface area contributed by atoms with Gasteiger partial charge in [0, 0.05) is 31.0 Å². The highest BCUT2D eigenvalue weighted by Gasteiger charge is 2.08. The lowest BCUT2D eigenvalue weighted by atomic mass is 10.1. The van der Waals surface area contributed by atoms with Gasteiger partial charge in [-0.3, -0.25) is 9.78 Å². The highest BCUT2D eigenvalue weighted by atomic mass is 32.1. The molecule has 122 valence electrons. The van der Waals surface area contributed by atoms with Gasteiger partial charge in [-0.2, -0.15) is 0 Å². The molecule has 2 heterocycles. The van der Waals surface area contributed by atoms with Crippen molar-refractivity contribution < 1.29 is 4.79 Å². The van der Waals surface area contributed by atoms with E-state index in [1.165, 1.54) is 5.56 Å². The second kappa shape index (κ2) is 8.36. The van der Waals surface area contributed by atoms with E-state index in [1.54, 1.807) is 17.5 Å². The topological polar surface area (TPSA) is 54.9 Å². The van der Waals surface area contributed by atoms with E-state index in [-0.39, 0.29) is 5.91 Å². The van der Waals surface area contributed by atoms with E-state index in [1.807, 2.05) is 41.8 Å². The Morgan fingerprint density at radius 2 is 1.83 bits per heavy atom. The molecule has 0 spiro atoms. The van der Waals surface area contributed by atoms with Crippen molar-refractivity contribution in [2.24, 2.45) is 0 Å². The molecule has 1 aromatic carbocycles. The number of carbonyl (C=O) groups excluding carboxylic acids is 1. The summed E-state index contributed by atoms with van der Waals surface area (Å²) in [7, 11) is 0. The quantitative estimate of drug-likeness (QED) is 0.718. The van der Waals surface area contributed by atoms with Gasteiger partial charge in [0.2, 0.25) is 5.91 Å². The van der Waals surface area contributed by atoms with E-state index >= 15 is 0 Å². The van der Waals surface area contributed by atoms with E-state index in [4.69, 9.17) is 0 Å². The maximum absolute atomic E-state index is 11.9. The van der Waals surface area contributed by atoms with Crippen molar-refractivity contribution in [3.8, 4) is 11.4 Å². The fourth-order valence-electron chi connectivity index (χ4n) is 2.36. The number of benzene rings is 1. The minimum Gasteiger partial charge on any atom is -0.356 e. The molecule has 3 rings (SSSR count). The highest BCUT2D eigenvalue weighted by Crippen LogP contribution is 2.20. The largest absolute Gasteiger partial charge is 0.356 e. The number of aryl methyl sites for hydroxylation is 1. The summed E-state index contributed by atoms with van der Waals surface area (Å²) in [4.78, 5) is 20.8. The van der Waals surface area contributed by atoms with Crippen LogP contribution < -0.4 is 5.32 Å². The number of amides is 1. The van der Waals surface area contributed by atoms with Crippen LogP contribution in [0.1, 0.15) is 17.0 Å². The van der Waals surface area contributed by atoms with Gasteiger partial charge in [0.15, 0.2) is 0 Å². The van der Waals surface area contributed by atoms with Crippen LogP contribution in [-0.4, -0.2) is 22.4 Å². The molecule has 0 aliphatic heterocycles. The van der Waals surface area contributed by atoms with Gasteiger partial charge in [-0.25, -0.2) is 4.98 Å². The van der Waals surface area contributed by atoms with Crippen molar-refractivity contribution in [3.05, 3.63) is 70.7 Å². The number of thiazole rings is 1. The van der Waals surface area contributed by atoms with Gasteiger partial charge in [0.25, 0.3) is 0 Å². The van der Waals surface area contributed by atoms with Crippen molar-refractivity contribution in [2.45, 2.75) is 19.3 Å². The molecule has 1 N–H and O–H groups in total. The Morgan fingerprint density at radius 3 is 2.62 bits per heavy atom. The van der Waals surface area contributed by atoms with E-state index < -0.39 is 0 Å². The average molecular weight is 337 g/mol. The van der Waals surface area contributed by atoms with Crippen LogP contribution >= 0.6 is 11.3 Å². The Balaban J connectivity index is 1.42. The molecule has 0 fully saturated rings. The van der Waals surface area contributed by atoms with Gasteiger partial charge >= 0.3 is 0 Å². The van der Waals surface area contributed by atoms with Gasteiger partial charge in [-0.05, 0) is 24.1 Å². The minimum absolute atomic E-state index is 0.0699. The van der Waals surface area contributed by atoms with Gasteiger partial charge in [0.1, 0.15) is 0 Å². The first-order valence-electron chi connectivity index (χ1n) is 7.98. The van der Waals surface area contributed by atoms with E-state index in [0.29, 0.717) is 19.4 Å². The lowest BCUT2D eigenvalue weighted by molar-refractivity contribution is -0.121. The number of aromatic nitrogens is 2. The second-order valence-electron chi connectivity index (χ2n) is 5.43. The lowest BCUT2D eigenvalue weighted by Crippen LogP contribution is -2.25. The van der Waals surface area contributed by atoms with Gasteiger partial charge < -0.3 is 5.32 Å². The summed E-state index contributed by atoms with van der Waals surface area (Å²) in [6.07, 6.45) is 3.74. The maximum Gasteiger partial charge on any atom is 0.220 e. The normalized spacial score (nSPS) is 10.5. The molecule has 0 radical (unpaired) electrons. The van der Waals surface area contributed by atoms with Crippen molar-refractivity contribution in [1.82, 2.24) is 15.3 Å². The van der Waals surface area contributed by atoms with Crippen LogP contribution in [0.5, 0.6) is 0 Å². The number of carbonyl (C=O) groups is 1. The molecule has 0 bridgehead atoms. The first-order valence-corrected chi connectivity index (χ1v) is 8.85.